The van der Waals surface area contributed by atoms with Gasteiger partial charge in [0.1, 0.15) is 5.75 Å². The van der Waals surface area contributed by atoms with Gasteiger partial charge in [-0.25, -0.2) is 5.43 Å². The maximum Gasteiger partial charge on any atom is 0.250 e. The molecule has 172 valence electrons. The number of aryl methyl sites for hydroxylation is 2. The maximum atomic E-state index is 12.4. The molecule has 0 atom stereocenters. The van der Waals surface area contributed by atoms with Gasteiger partial charge in [-0.3, -0.25) is 9.36 Å². The standard InChI is InChI=1S/C25H22BrN5O2S/c1-16-3-7-18(8-4-16)24-29-30-25(31(24)21-10-5-17(2)6-11-21)34-15-23(33)28-27-14-19-13-20(26)9-12-22(19)32/h3-14,32H,15H2,1-2H3,(H,28,33)/b27-14+. The fourth-order valence-electron chi connectivity index (χ4n) is 3.14. The van der Waals surface area contributed by atoms with Crippen molar-refractivity contribution in [3.05, 3.63) is 87.9 Å². The molecule has 1 heterocycles. The van der Waals surface area contributed by atoms with Crippen molar-refractivity contribution < 1.29 is 9.90 Å². The summed E-state index contributed by atoms with van der Waals surface area (Å²) in [4.78, 5) is 12.4. The normalized spacial score (nSPS) is 11.1. The Morgan fingerprint density at radius 3 is 2.44 bits per heavy atom. The Bertz CT molecular complexity index is 1330. The molecule has 0 fully saturated rings. The summed E-state index contributed by atoms with van der Waals surface area (Å²) >= 11 is 4.61. The first-order valence-electron chi connectivity index (χ1n) is 10.4. The van der Waals surface area contributed by atoms with Crippen LogP contribution in [-0.4, -0.2) is 37.7 Å². The minimum absolute atomic E-state index is 0.0745. The Hall–Kier alpha value is -3.43. The van der Waals surface area contributed by atoms with Gasteiger partial charge in [0, 0.05) is 21.3 Å². The lowest BCUT2D eigenvalue weighted by molar-refractivity contribution is -0.118. The van der Waals surface area contributed by atoms with Crippen molar-refractivity contribution in [1.82, 2.24) is 20.2 Å². The zero-order valence-corrected chi connectivity index (χ0v) is 21.0. The van der Waals surface area contributed by atoms with Crippen LogP contribution in [0.15, 0.2) is 81.5 Å². The summed E-state index contributed by atoms with van der Waals surface area (Å²) in [7, 11) is 0. The number of rotatable bonds is 7. The minimum Gasteiger partial charge on any atom is -0.507 e. The van der Waals surface area contributed by atoms with Gasteiger partial charge < -0.3 is 5.11 Å². The Morgan fingerprint density at radius 2 is 1.74 bits per heavy atom. The van der Waals surface area contributed by atoms with Gasteiger partial charge in [0.05, 0.1) is 12.0 Å². The lowest BCUT2D eigenvalue weighted by atomic mass is 10.1. The Labute approximate surface area is 210 Å². The molecular formula is C25H22BrN5O2S. The first kappa shape index (κ1) is 23.7. The summed E-state index contributed by atoms with van der Waals surface area (Å²) < 4.78 is 2.75. The van der Waals surface area contributed by atoms with Crippen LogP contribution in [0.25, 0.3) is 17.1 Å². The lowest BCUT2D eigenvalue weighted by Gasteiger charge is -2.11. The van der Waals surface area contributed by atoms with E-state index in [0.29, 0.717) is 16.5 Å². The van der Waals surface area contributed by atoms with Crippen molar-refractivity contribution in [3.63, 3.8) is 0 Å². The molecule has 1 aromatic heterocycles. The predicted molar refractivity (Wildman–Crippen MR) is 139 cm³/mol. The van der Waals surface area contributed by atoms with Crippen LogP contribution in [0, 0.1) is 13.8 Å². The van der Waals surface area contributed by atoms with Crippen molar-refractivity contribution in [2.75, 3.05) is 5.75 Å². The van der Waals surface area contributed by atoms with Crippen molar-refractivity contribution >= 4 is 39.8 Å². The molecule has 1 amide bonds. The van der Waals surface area contributed by atoms with Crippen LogP contribution < -0.4 is 5.43 Å². The Kier molecular flexibility index (Phi) is 7.44. The number of benzene rings is 3. The highest BCUT2D eigenvalue weighted by Gasteiger charge is 2.17. The summed E-state index contributed by atoms with van der Waals surface area (Å²) in [6.45, 7) is 4.07. The average molecular weight is 536 g/mol. The summed E-state index contributed by atoms with van der Waals surface area (Å²) in [5.74, 6) is 0.575. The van der Waals surface area contributed by atoms with Crippen LogP contribution in [0.4, 0.5) is 0 Å². The quantitative estimate of drug-likeness (QED) is 0.191. The number of carbonyl (C=O) groups excluding carboxylic acids is 1. The molecule has 7 nitrogen and oxygen atoms in total. The van der Waals surface area contributed by atoms with Crippen LogP contribution >= 0.6 is 27.7 Å². The SMILES string of the molecule is Cc1ccc(-c2nnc(SCC(=O)N/N=C/c3cc(Br)ccc3O)n2-c2ccc(C)cc2)cc1. The van der Waals surface area contributed by atoms with E-state index in [1.807, 2.05) is 66.9 Å². The predicted octanol–water partition coefficient (Wildman–Crippen LogP) is 5.26. The van der Waals surface area contributed by atoms with Gasteiger partial charge in [-0.2, -0.15) is 5.10 Å². The third-order valence-electron chi connectivity index (χ3n) is 4.95. The molecule has 0 bridgehead atoms. The molecule has 4 rings (SSSR count). The van der Waals surface area contributed by atoms with E-state index in [9.17, 15) is 9.90 Å². The first-order valence-corrected chi connectivity index (χ1v) is 12.2. The van der Waals surface area contributed by atoms with Gasteiger partial charge in [-0.1, -0.05) is 75.2 Å². The summed E-state index contributed by atoms with van der Waals surface area (Å²) in [6, 6.07) is 21.1. The van der Waals surface area contributed by atoms with Crippen LogP contribution in [0.5, 0.6) is 5.75 Å². The van der Waals surface area contributed by atoms with Crippen molar-refractivity contribution in [2.45, 2.75) is 19.0 Å². The number of carbonyl (C=O) groups is 1. The van der Waals surface area contributed by atoms with E-state index in [-0.39, 0.29) is 17.4 Å². The van der Waals surface area contributed by atoms with E-state index in [1.54, 1.807) is 18.2 Å². The maximum absolute atomic E-state index is 12.4. The second-order valence-electron chi connectivity index (χ2n) is 7.63. The summed E-state index contributed by atoms with van der Waals surface area (Å²) in [5.41, 5.74) is 7.14. The van der Waals surface area contributed by atoms with Gasteiger partial charge >= 0.3 is 0 Å². The third-order valence-corrected chi connectivity index (χ3v) is 6.37. The second kappa shape index (κ2) is 10.7. The number of nitrogens with one attached hydrogen (secondary N) is 1. The topological polar surface area (TPSA) is 92.4 Å². The fourth-order valence-corrected chi connectivity index (χ4v) is 4.27. The molecule has 0 aliphatic heterocycles. The zero-order valence-electron chi connectivity index (χ0n) is 18.6. The molecule has 0 saturated heterocycles. The van der Waals surface area contributed by atoms with E-state index in [0.717, 1.165) is 26.9 Å². The molecule has 3 aromatic carbocycles. The van der Waals surface area contributed by atoms with Crippen LogP contribution in [0.2, 0.25) is 0 Å². The number of thioether (sulfide) groups is 1. The number of halogens is 1. The summed E-state index contributed by atoms with van der Waals surface area (Å²) in [6.07, 6.45) is 1.40. The van der Waals surface area contributed by atoms with Crippen molar-refractivity contribution in [3.8, 4) is 22.8 Å². The highest BCUT2D eigenvalue weighted by Crippen LogP contribution is 2.28. The van der Waals surface area contributed by atoms with E-state index < -0.39 is 0 Å². The van der Waals surface area contributed by atoms with E-state index >= 15 is 0 Å². The van der Waals surface area contributed by atoms with E-state index in [2.05, 4.69) is 36.7 Å². The monoisotopic (exact) mass is 535 g/mol. The smallest absolute Gasteiger partial charge is 0.250 e. The first-order chi connectivity index (χ1) is 16.4. The third kappa shape index (κ3) is 5.73. The molecule has 0 saturated carbocycles. The molecule has 4 aromatic rings. The molecule has 9 heteroatoms. The highest BCUT2D eigenvalue weighted by atomic mass is 79.9. The highest BCUT2D eigenvalue weighted by molar-refractivity contribution is 9.10. The molecular weight excluding hydrogens is 514 g/mol. The van der Waals surface area contributed by atoms with Crippen LogP contribution in [0.1, 0.15) is 16.7 Å². The number of hydrazone groups is 1. The number of amides is 1. The molecule has 0 unspecified atom stereocenters. The fraction of sp³-hybridized carbons (Fsp3) is 0.120. The van der Waals surface area contributed by atoms with Crippen molar-refractivity contribution in [2.24, 2.45) is 5.10 Å². The Balaban J connectivity index is 1.51. The molecule has 0 radical (unpaired) electrons. The average Bonchev–Trinajstić information content (AvgIpc) is 3.25. The van der Waals surface area contributed by atoms with Gasteiger partial charge in [-0.15, -0.1) is 10.2 Å². The number of hydrogen-bond acceptors (Lipinski definition) is 6. The lowest BCUT2D eigenvalue weighted by Crippen LogP contribution is -2.20. The van der Waals surface area contributed by atoms with E-state index in [4.69, 9.17) is 0 Å². The minimum atomic E-state index is -0.300. The molecule has 34 heavy (non-hydrogen) atoms. The number of aromatic nitrogens is 3. The van der Waals surface area contributed by atoms with Crippen LogP contribution in [-0.2, 0) is 4.79 Å². The van der Waals surface area contributed by atoms with Gasteiger partial charge in [0.15, 0.2) is 11.0 Å². The largest absolute Gasteiger partial charge is 0.507 e. The second-order valence-corrected chi connectivity index (χ2v) is 9.49. The Morgan fingerprint density at radius 1 is 1.06 bits per heavy atom. The number of nitrogens with zero attached hydrogens (tertiary/aromatic N) is 4. The molecule has 0 aliphatic carbocycles. The number of phenolic OH excluding ortho intramolecular Hbond substituents is 1. The van der Waals surface area contributed by atoms with Gasteiger partial charge in [0.25, 0.3) is 5.91 Å². The van der Waals surface area contributed by atoms with E-state index in [1.165, 1.54) is 18.0 Å². The number of phenols is 1. The van der Waals surface area contributed by atoms with Gasteiger partial charge in [0.2, 0.25) is 0 Å². The number of hydrogen-bond donors (Lipinski definition) is 2. The van der Waals surface area contributed by atoms with Gasteiger partial charge in [-0.05, 0) is 44.2 Å². The zero-order chi connectivity index (χ0) is 24.1. The van der Waals surface area contributed by atoms with Crippen LogP contribution in [0.3, 0.4) is 0 Å². The van der Waals surface area contributed by atoms with Crippen molar-refractivity contribution in [1.29, 1.82) is 0 Å². The summed E-state index contributed by atoms with van der Waals surface area (Å²) in [5, 5.41) is 23.2. The molecule has 0 aliphatic rings. The molecule has 2 N–H and O–H groups in total. The molecule has 0 spiro atoms. The number of aromatic hydroxyl groups is 1.